The third-order valence-corrected chi connectivity index (χ3v) is 7.23. The number of likely N-dealkylation sites (tertiary alicyclic amines) is 1. The minimum Gasteiger partial charge on any atom is -0.463 e. The van der Waals surface area contributed by atoms with Gasteiger partial charge in [-0.05, 0) is 57.4 Å². The number of piperidine rings is 1. The Bertz CT molecular complexity index is 754. The molecule has 4 atom stereocenters. The van der Waals surface area contributed by atoms with Gasteiger partial charge in [0.2, 0.25) is 11.8 Å². The number of carbonyl (C=O) groups is 3. The molecular weight excluding hydrogens is 442 g/mol. The first-order valence-electron chi connectivity index (χ1n) is 13.3. The van der Waals surface area contributed by atoms with Crippen molar-refractivity contribution in [3.8, 4) is 0 Å². The van der Waals surface area contributed by atoms with Crippen molar-refractivity contribution in [2.45, 2.75) is 113 Å². The highest BCUT2D eigenvalue weighted by atomic mass is 16.5. The molecule has 0 aromatic heterocycles. The predicted molar refractivity (Wildman–Crippen MR) is 142 cm³/mol. The van der Waals surface area contributed by atoms with Crippen LogP contribution in [-0.2, 0) is 19.1 Å². The van der Waals surface area contributed by atoms with E-state index in [0.717, 1.165) is 25.8 Å². The minimum absolute atomic E-state index is 0.0711. The first kappa shape index (κ1) is 31.1. The molecule has 0 aliphatic carbocycles. The largest absolute Gasteiger partial charge is 0.463 e. The van der Waals surface area contributed by atoms with Crippen LogP contribution in [0.2, 0.25) is 0 Å². The van der Waals surface area contributed by atoms with Crippen LogP contribution in [0.5, 0.6) is 0 Å². The van der Waals surface area contributed by atoms with Crippen LogP contribution in [-0.4, -0.2) is 72.0 Å². The van der Waals surface area contributed by atoms with Gasteiger partial charge in [0, 0.05) is 18.7 Å². The number of nitrogens with zero attached hydrogens (tertiary/aromatic N) is 2. The third kappa shape index (κ3) is 8.62. The van der Waals surface area contributed by atoms with Crippen molar-refractivity contribution < 1.29 is 19.1 Å². The van der Waals surface area contributed by atoms with Gasteiger partial charge in [-0.25, -0.2) is 4.79 Å². The number of hydrogen-bond donors (Lipinski definition) is 1. The summed E-state index contributed by atoms with van der Waals surface area (Å²) >= 11 is 0. The molecule has 0 saturated carbocycles. The van der Waals surface area contributed by atoms with E-state index >= 15 is 0 Å². The molecule has 0 aromatic rings. The van der Waals surface area contributed by atoms with Crippen molar-refractivity contribution in [1.82, 2.24) is 15.1 Å². The van der Waals surface area contributed by atoms with Crippen molar-refractivity contribution >= 4 is 17.8 Å². The van der Waals surface area contributed by atoms with E-state index in [1.165, 1.54) is 0 Å². The summed E-state index contributed by atoms with van der Waals surface area (Å²) in [5.74, 6) is -0.0903. The van der Waals surface area contributed by atoms with Crippen LogP contribution >= 0.6 is 0 Å². The molecule has 7 nitrogen and oxygen atoms in total. The van der Waals surface area contributed by atoms with E-state index in [1.54, 1.807) is 31.9 Å². The van der Waals surface area contributed by atoms with Crippen LogP contribution in [0.1, 0.15) is 88.5 Å². The highest BCUT2D eigenvalue weighted by molar-refractivity contribution is 5.91. The lowest BCUT2D eigenvalue weighted by Gasteiger charge is -2.42. The minimum atomic E-state index is -0.685. The summed E-state index contributed by atoms with van der Waals surface area (Å²) in [7, 11) is 1.75. The summed E-state index contributed by atoms with van der Waals surface area (Å²) in [4.78, 5) is 43.5. The maximum absolute atomic E-state index is 13.8. The molecular formula is C28H51N3O4. The maximum Gasteiger partial charge on any atom is 0.333 e. The summed E-state index contributed by atoms with van der Waals surface area (Å²) < 4.78 is 5.12. The van der Waals surface area contributed by atoms with Gasteiger partial charge in [0.15, 0.2) is 0 Å². The Morgan fingerprint density at radius 1 is 1.09 bits per heavy atom. The van der Waals surface area contributed by atoms with Gasteiger partial charge in [0.25, 0.3) is 0 Å². The summed E-state index contributed by atoms with van der Waals surface area (Å²) in [6.45, 7) is 21.2. The van der Waals surface area contributed by atoms with E-state index in [-0.39, 0.29) is 35.8 Å². The van der Waals surface area contributed by atoms with E-state index in [0.29, 0.717) is 24.1 Å². The molecule has 202 valence electrons. The normalized spacial score (nSPS) is 20.4. The molecule has 1 aliphatic heterocycles. The Morgan fingerprint density at radius 3 is 2.17 bits per heavy atom. The van der Waals surface area contributed by atoms with Crippen LogP contribution in [0.4, 0.5) is 0 Å². The number of likely N-dealkylation sites (N-methyl/N-ethyl adjacent to an activating group) is 1. The molecule has 1 rings (SSSR count). The second-order valence-electron chi connectivity index (χ2n) is 11.8. The fraction of sp³-hybridized carbons (Fsp3) is 0.821. The van der Waals surface area contributed by atoms with Crippen molar-refractivity contribution in [3.05, 3.63) is 11.6 Å². The average molecular weight is 494 g/mol. The Morgan fingerprint density at radius 2 is 1.69 bits per heavy atom. The number of nitrogens with one attached hydrogen (secondary N) is 1. The second kappa shape index (κ2) is 13.4. The number of esters is 1. The van der Waals surface area contributed by atoms with Crippen molar-refractivity contribution in [2.75, 3.05) is 20.2 Å². The van der Waals surface area contributed by atoms with Crippen LogP contribution in [0.25, 0.3) is 0 Å². The van der Waals surface area contributed by atoms with Gasteiger partial charge in [0.05, 0.1) is 18.7 Å². The van der Waals surface area contributed by atoms with Crippen LogP contribution in [0.3, 0.4) is 0 Å². The fourth-order valence-electron chi connectivity index (χ4n) is 4.66. The Hall–Kier alpha value is -1.89. The van der Waals surface area contributed by atoms with E-state index in [4.69, 9.17) is 4.74 Å². The van der Waals surface area contributed by atoms with Gasteiger partial charge in [-0.2, -0.15) is 0 Å². The molecule has 1 heterocycles. The fourth-order valence-corrected chi connectivity index (χ4v) is 4.66. The molecule has 1 saturated heterocycles. The van der Waals surface area contributed by atoms with Crippen molar-refractivity contribution in [2.24, 2.45) is 17.3 Å². The maximum atomic E-state index is 13.8. The summed E-state index contributed by atoms with van der Waals surface area (Å²) in [6, 6.07) is -0.925. The highest BCUT2D eigenvalue weighted by Crippen LogP contribution is 2.27. The zero-order valence-electron chi connectivity index (χ0n) is 24.1. The SMILES string of the molecule is CCOC(=O)/C(C)=C/[C@H](C(C)C)N(C)C(=O)[C@@H](NC(=O)[C@H]1CCCCN1C(C)C(C)C)C(C)(C)C. The van der Waals surface area contributed by atoms with E-state index in [9.17, 15) is 14.4 Å². The number of ether oxygens (including phenoxy) is 1. The lowest BCUT2D eigenvalue weighted by Crippen LogP contribution is -2.61. The molecule has 0 spiro atoms. The predicted octanol–water partition coefficient (Wildman–Crippen LogP) is 4.41. The molecule has 0 bridgehead atoms. The van der Waals surface area contributed by atoms with Crippen LogP contribution < -0.4 is 5.32 Å². The third-order valence-electron chi connectivity index (χ3n) is 7.23. The van der Waals surface area contributed by atoms with Crippen molar-refractivity contribution in [1.29, 1.82) is 0 Å². The van der Waals surface area contributed by atoms with Gasteiger partial charge >= 0.3 is 5.97 Å². The standard InChI is InChI=1S/C28H51N3O4/c1-12-35-27(34)20(6)17-23(19(4)5)30(11)26(33)24(28(8,9)10)29-25(32)22-15-13-14-16-31(22)21(7)18(2)3/h17-19,21-24H,12-16H2,1-11H3,(H,29,32)/b20-17+/t21?,22-,23-,24-/m1/s1. The number of rotatable bonds is 10. The molecule has 1 unspecified atom stereocenters. The molecule has 35 heavy (non-hydrogen) atoms. The molecule has 7 heteroatoms. The molecule has 0 aromatic carbocycles. The van der Waals surface area contributed by atoms with E-state index < -0.39 is 11.5 Å². The number of hydrogen-bond acceptors (Lipinski definition) is 5. The molecule has 1 N–H and O–H groups in total. The van der Waals surface area contributed by atoms with Gasteiger partial charge in [-0.15, -0.1) is 0 Å². The van der Waals surface area contributed by atoms with Crippen molar-refractivity contribution in [3.63, 3.8) is 0 Å². The van der Waals surface area contributed by atoms with Gasteiger partial charge in [-0.3, -0.25) is 14.5 Å². The highest BCUT2D eigenvalue weighted by Gasteiger charge is 2.40. The van der Waals surface area contributed by atoms with Crippen LogP contribution in [0.15, 0.2) is 11.6 Å². The molecule has 1 aliphatic rings. The lowest BCUT2D eigenvalue weighted by molar-refractivity contribution is -0.142. The van der Waals surface area contributed by atoms with E-state index in [2.05, 4.69) is 31.0 Å². The quantitative estimate of drug-likeness (QED) is 0.360. The zero-order chi connectivity index (χ0) is 27.1. The molecule has 1 fully saturated rings. The summed E-state index contributed by atoms with van der Waals surface area (Å²) in [5.41, 5.74) is -0.00643. The lowest BCUT2D eigenvalue weighted by atomic mass is 9.84. The van der Waals surface area contributed by atoms with E-state index in [1.807, 2.05) is 34.6 Å². The molecule has 0 radical (unpaired) electrons. The van der Waals surface area contributed by atoms with Gasteiger partial charge < -0.3 is 15.0 Å². The van der Waals surface area contributed by atoms with Crippen LogP contribution in [0, 0.1) is 17.3 Å². The topological polar surface area (TPSA) is 79.0 Å². The number of amides is 2. The zero-order valence-corrected chi connectivity index (χ0v) is 24.1. The van der Waals surface area contributed by atoms with Gasteiger partial charge in [0.1, 0.15) is 6.04 Å². The monoisotopic (exact) mass is 493 g/mol. The Labute approximate surface area is 214 Å². The summed E-state index contributed by atoms with van der Waals surface area (Å²) in [5, 5.41) is 3.14. The second-order valence-corrected chi connectivity index (χ2v) is 11.8. The smallest absolute Gasteiger partial charge is 0.333 e. The average Bonchev–Trinajstić information content (AvgIpc) is 2.78. The van der Waals surface area contributed by atoms with Gasteiger partial charge in [-0.1, -0.05) is 61.0 Å². The Kier molecular flexibility index (Phi) is 11.9. The first-order valence-corrected chi connectivity index (χ1v) is 13.3. The Balaban J connectivity index is 3.19. The first-order chi connectivity index (χ1) is 16.1. The summed E-state index contributed by atoms with van der Waals surface area (Å²) in [6.07, 6.45) is 4.71. The molecule has 2 amide bonds. The number of carbonyl (C=O) groups excluding carboxylic acids is 3.